The molecule has 2 rings (SSSR count). The standard InChI is InChI=1S/C15H23NO2/c1-11(12-6-8-14(18)9-7-12)16-15-5-3-2-4-13(15)10-17/h6-9,11,13,15-18H,2-5,10H2,1H3. The summed E-state index contributed by atoms with van der Waals surface area (Å²) in [6, 6.07) is 8.00. The number of aromatic hydroxyl groups is 1. The number of aliphatic hydroxyl groups is 1. The molecule has 1 aliphatic carbocycles. The summed E-state index contributed by atoms with van der Waals surface area (Å²) in [4.78, 5) is 0. The molecule has 0 bridgehead atoms. The molecule has 0 spiro atoms. The molecule has 1 saturated carbocycles. The Hall–Kier alpha value is -1.06. The zero-order chi connectivity index (χ0) is 13.0. The highest BCUT2D eigenvalue weighted by Crippen LogP contribution is 2.26. The smallest absolute Gasteiger partial charge is 0.115 e. The molecular formula is C15H23NO2. The van der Waals surface area contributed by atoms with Crippen LogP contribution in [-0.2, 0) is 0 Å². The third kappa shape index (κ3) is 3.24. The van der Waals surface area contributed by atoms with Gasteiger partial charge in [-0.1, -0.05) is 25.0 Å². The van der Waals surface area contributed by atoms with Gasteiger partial charge >= 0.3 is 0 Å². The first-order valence-corrected chi connectivity index (χ1v) is 6.86. The second-order valence-electron chi connectivity index (χ2n) is 5.31. The van der Waals surface area contributed by atoms with Gasteiger partial charge in [-0.25, -0.2) is 0 Å². The van der Waals surface area contributed by atoms with Crippen molar-refractivity contribution in [2.75, 3.05) is 6.61 Å². The largest absolute Gasteiger partial charge is 0.508 e. The van der Waals surface area contributed by atoms with Crippen molar-refractivity contribution in [1.82, 2.24) is 5.32 Å². The summed E-state index contributed by atoms with van der Waals surface area (Å²) in [7, 11) is 0. The Balaban J connectivity index is 1.97. The first kappa shape index (κ1) is 13.4. The van der Waals surface area contributed by atoms with Crippen LogP contribution in [0.2, 0.25) is 0 Å². The van der Waals surface area contributed by atoms with Gasteiger partial charge in [0.1, 0.15) is 5.75 Å². The normalized spacial score (nSPS) is 25.9. The predicted octanol–water partition coefficient (Wildman–Crippen LogP) is 2.59. The van der Waals surface area contributed by atoms with E-state index in [2.05, 4.69) is 12.2 Å². The van der Waals surface area contributed by atoms with E-state index in [1.54, 1.807) is 12.1 Å². The van der Waals surface area contributed by atoms with Gasteiger partial charge in [0.05, 0.1) is 0 Å². The monoisotopic (exact) mass is 249 g/mol. The fourth-order valence-electron chi connectivity index (χ4n) is 2.83. The Bertz CT molecular complexity index is 363. The van der Waals surface area contributed by atoms with E-state index in [9.17, 15) is 10.2 Å². The van der Waals surface area contributed by atoms with Crippen LogP contribution in [-0.4, -0.2) is 22.9 Å². The lowest BCUT2D eigenvalue weighted by Crippen LogP contribution is -2.41. The quantitative estimate of drug-likeness (QED) is 0.769. The second-order valence-corrected chi connectivity index (χ2v) is 5.31. The van der Waals surface area contributed by atoms with Crippen molar-refractivity contribution in [3.05, 3.63) is 29.8 Å². The summed E-state index contributed by atoms with van der Waals surface area (Å²) in [5, 5.41) is 22.3. The highest BCUT2D eigenvalue weighted by Gasteiger charge is 2.25. The van der Waals surface area contributed by atoms with Gasteiger partial charge in [0.25, 0.3) is 0 Å². The van der Waals surface area contributed by atoms with Crippen LogP contribution in [0.3, 0.4) is 0 Å². The highest BCUT2D eigenvalue weighted by molar-refractivity contribution is 5.27. The zero-order valence-corrected chi connectivity index (χ0v) is 11.0. The summed E-state index contributed by atoms with van der Waals surface area (Å²) in [6.07, 6.45) is 4.75. The van der Waals surface area contributed by atoms with Crippen molar-refractivity contribution in [2.45, 2.75) is 44.7 Å². The molecule has 18 heavy (non-hydrogen) atoms. The van der Waals surface area contributed by atoms with E-state index in [4.69, 9.17) is 0 Å². The molecular weight excluding hydrogens is 226 g/mol. The summed E-state index contributed by atoms with van der Waals surface area (Å²) < 4.78 is 0. The molecule has 3 nitrogen and oxygen atoms in total. The Kier molecular flexibility index (Phi) is 4.61. The van der Waals surface area contributed by atoms with Gasteiger partial charge in [0, 0.05) is 18.7 Å². The molecule has 3 atom stereocenters. The third-order valence-electron chi connectivity index (χ3n) is 4.00. The van der Waals surface area contributed by atoms with E-state index in [0.29, 0.717) is 17.7 Å². The Labute approximate surface area is 109 Å². The van der Waals surface area contributed by atoms with Gasteiger partial charge in [-0.15, -0.1) is 0 Å². The SMILES string of the molecule is CC(NC1CCCCC1CO)c1ccc(O)cc1. The van der Waals surface area contributed by atoms with Gasteiger partial charge in [0.2, 0.25) is 0 Å². The molecule has 3 unspecified atom stereocenters. The molecule has 1 aliphatic rings. The maximum absolute atomic E-state index is 9.41. The van der Waals surface area contributed by atoms with Crippen molar-refractivity contribution in [3.8, 4) is 5.75 Å². The number of nitrogens with one attached hydrogen (secondary N) is 1. The van der Waals surface area contributed by atoms with Crippen LogP contribution >= 0.6 is 0 Å². The number of phenols is 1. The molecule has 0 amide bonds. The minimum absolute atomic E-state index is 0.253. The lowest BCUT2D eigenvalue weighted by molar-refractivity contribution is 0.147. The van der Waals surface area contributed by atoms with Gasteiger partial charge in [-0.2, -0.15) is 0 Å². The van der Waals surface area contributed by atoms with Gasteiger partial charge < -0.3 is 15.5 Å². The number of hydrogen-bond donors (Lipinski definition) is 3. The average molecular weight is 249 g/mol. The molecule has 0 aliphatic heterocycles. The number of rotatable bonds is 4. The van der Waals surface area contributed by atoms with Crippen molar-refractivity contribution in [3.63, 3.8) is 0 Å². The third-order valence-corrected chi connectivity index (χ3v) is 4.00. The Morgan fingerprint density at radius 1 is 1.22 bits per heavy atom. The molecule has 0 heterocycles. The maximum atomic E-state index is 9.41. The molecule has 3 heteroatoms. The first-order chi connectivity index (χ1) is 8.70. The van der Waals surface area contributed by atoms with Crippen LogP contribution < -0.4 is 5.32 Å². The zero-order valence-electron chi connectivity index (χ0n) is 11.0. The fourth-order valence-corrected chi connectivity index (χ4v) is 2.83. The molecule has 0 saturated heterocycles. The van der Waals surface area contributed by atoms with Crippen molar-refractivity contribution in [1.29, 1.82) is 0 Å². The van der Waals surface area contributed by atoms with E-state index < -0.39 is 0 Å². The van der Waals surface area contributed by atoms with Gasteiger partial charge in [-0.05, 0) is 43.4 Å². The molecule has 3 N–H and O–H groups in total. The molecule has 100 valence electrons. The van der Waals surface area contributed by atoms with E-state index in [0.717, 1.165) is 12.8 Å². The molecule has 1 aromatic carbocycles. The predicted molar refractivity (Wildman–Crippen MR) is 72.5 cm³/mol. The number of phenolic OH excluding ortho intramolecular Hbond substituents is 1. The van der Waals surface area contributed by atoms with Gasteiger partial charge in [-0.3, -0.25) is 0 Å². The molecule has 0 aromatic heterocycles. The summed E-state index contributed by atoms with van der Waals surface area (Å²) in [6.45, 7) is 2.41. The van der Waals surface area contributed by atoms with Crippen LogP contribution in [0.5, 0.6) is 5.75 Å². The number of benzene rings is 1. The molecule has 0 radical (unpaired) electrons. The summed E-state index contributed by atoms with van der Waals surface area (Å²) >= 11 is 0. The van der Waals surface area contributed by atoms with Crippen LogP contribution in [0.1, 0.15) is 44.2 Å². The maximum Gasteiger partial charge on any atom is 0.115 e. The van der Waals surface area contributed by atoms with Crippen LogP contribution in [0.25, 0.3) is 0 Å². The molecule has 1 fully saturated rings. The second kappa shape index (κ2) is 6.21. The minimum Gasteiger partial charge on any atom is -0.508 e. The number of aliphatic hydroxyl groups excluding tert-OH is 1. The highest BCUT2D eigenvalue weighted by atomic mass is 16.3. The topological polar surface area (TPSA) is 52.5 Å². The summed E-state index contributed by atoms with van der Waals surface area (Å²) in [5.74, 6) is 0.690. The van der Waals surface area contributed by atoms with Crippen LogP contribution in [0.4, 0.5) is 0 Å². The van der Waals surface area contributed by atoms with Crippen molar-refractivity contribution in [2.24, 2.45) is 5.92 Å². The lowest BCUT2D eigenvalue weighted by Gasteiger charge is -2.33. The van der Waals surface area contributed by atoms with E-state index in [1.165, 1.54) is 18.4 Å². The van der Waals surface area contributed by atoms with Crippen LogP contribution in [0.15, 0.2) is 24.3 Å². The van der Waals surface area contributed by atoms with E-state index in [1.807, 2.05) is 12.1 Å². The van der Waals surface area contributed by atoms with Gasteiger partial charge in [0.15, 0.2) is 0 Å². The fraction of sp³-hybridized carbons (Fsp3) is 0.600. The lowest BCUT2D eigenvalue weighted by atomic mass is 9.84. The average Bonchev–Trinajstić information content (AvgIpc) is 2.40. The molecule has 1 aromatic rings. The van der Waals surface area contributed by atoms with Crippen molar-refractivity contribution >= 4 is 0 Å². The van der Waals surface area contributed by atoms with Crippen LogP contribution in [0, 0.1) is 5.92 Å². The van der Waals surface area contributed by atoms with E-state index in [-0.39, 0.29) is 12.6 Å². The van der Waals surface area contributed by atoms with Crippen molar-refractivity contribution < 1.29 is 10.2 Å². The summed E-state index contributed by atoms with van der Waals surface area (Å²) in [5.41, 5.74) is 1.18. The Morgan fingerprint density at radius 3 is 2.56 bits per heavy atom. The van der Waals surface area contributed by atoms with E-state index >= 15 is 0 Å². The first-order valence-electron chi connectivity index (χ1n) is 6.86. The number of hydrogen-bond acceptors (Lipinski definition) is 3. The minimum atomic E-state index is 0.253. The Morgan fingerprint density at radius 2 is 1.89 bits per heavy atom.